The molecule has 2 heteroatoms. The van der Waals surface area contributed by atoms with Crippen molar-refractivity contribution in [3.63, 3.8) is 0 Å². The van der Waals surface area contributed by atoms with Gasteiger partial charge in [0.2, 0.25) is 0 Å². The van der Waals surface area contributed by atoms with E-state index < -0.39 is 0 Å². The van der Waals surface area contributed by atoms with Gasteiger partial charge in [-0.2, -0.15) is 0 Å². The lowest BCUT2D eigenvalue weighted by Crippen LogP contribution is -2.37. The lowest BCUT2D eigenvalue weighted by molar-refractivity contribution is 0.0579. The molecular formula is C16H25NO. The average molecular weight is 247 g/mol. The van der Waals surface area contributed by atoms with E-state index in [9.17, 15) is 0 Å². The molecular weight excluding hydrogens is 222 g/mol. The summed E-state index contributed by atoms with van der Waals surface area (Å²) in [4.78, 5) is 0. The standard InChI is InChI=1S/C16H25NO/c1-4-17-15(11-18-12(2)3)10-14-9-13-7-5-6-8-16(13)14/h5-8,12,14-15,17H,4,9-11H2,1-3H3. The molecule has 0 saturated heterocycles. The van der Waals surface area contributed by atoms with E-state index >= 15 is 0 Å². The van der Waals surface area contributed by atoms with E-state index in [1.165, 1.54) is 18.4 Å². The van der Waals surface area contributed by atoms with Crippen LogP contribution in [0, 0.1) is 0 Å². The number of ether oxygens (including phenoxy) is 1. The van der Waals surface area contributed by atoms with Gasteiger partial charge in [0.1, 0.15) is 0 Å². The van der Waals surface area contributed by atoms with Crippen LogP contribution in [0.15, 0.2) is 24.3 Å². The van der Waals surface area contributed by atoms with E-state index in [-0.39, 0.29) is 0 Å². The second kappa shape index (κ2) is 6.35. The second-order valence-electron chi connectivity index (χ2n) is 5.47. The highest BCUT2D eigenvalue weighted by molar-refractivity contribution is 5.39. The van der Waals surface area contributed by atoms with E-state index in [1.54, 1.807) is 5.56 Å². The highest BCUT2D eigenvalue weighted by Gasteiger charge is 2.27. The summed E-state index contributed by atoms with van der Waals surface area (Å²) in [6, 6.07) is 9.29. The molecule has 0 spiro atoms. The molecule has 0 fully saturated rings. The smallest absolute Gasteiger partial charge is 0.0623 e. The molecule has 2 unspecified atom stereocenters. The van der Waals surface area contributed by atoms with Gasteiger partial charge in [0.05, 0.1) is 12.7 Å². The van der Waals surface area contributed by atoms with Crippen molar-refractivity contribution in [3.8, 4) is 0 Å². The molecule has 2 rings (SSSR count). The molecule has 18 heavy (non-hydrogen) atoms. The maximum absolute atomic E-state index is 5.75. The summed E-state index contributed by atoms with van der Waals surface area (Å²) >= 11 is 0. The Labute approximate surface area is 111 Å². The van der Waals surface area contributed by atoms with Crippen LogP contribution in [0.1, 0.15) is 44.2 Å². The minimum atomic E-state index is 0.319. The molecule has 1 aromatic carbocycles. The summed E-state index contributed by atoms with van der Waals surface area (Å²) in [7, 11) is 0. The van der Waals surface area contributed by atoms with Gasteiger partial charge in [-0.3, -0.25) is 0 Å². The number of hydrogen-bond donors (Lipinski definition) is 1. The highest BCUT2D eigenvalue weighted by Crippen LogP contribution is 2.37. The zero-order chi connectivity index (χ0) is 13.0. The van der Waals surface area contributed by atoms with E-state index in [1.807, 2.05) is 0 Å². The molecule has 0 bridgehead atoms. The summed E-state index contributed by atoms with van der Waals surface area (Å²) in [5.41, 5.74) is 3.08. The molecule has 0 saturated carbocycles. The summed E-state index contributed by atoms with van der Waals surface area (Å²) < 4.78 is 5.75. The molecule has 0 radical (unpaired) electrons. The van der Waals surface area contributed by atoms with Gasteiger partial charge in [0.25, 0.3) is 0 Å². The van der Waals surface area contributed by atoms with Crippen molar-refractivity contribution in [1.82, 2.24) is 5.32 Å². The number of likely N-dealkylation sites (N-methyl/N-ethyl adjacent to an activating group) is 1. The Bertz CT molecular complexity index is 375. The topological polar surface area (TPSA) is 21.3 Å². The van der Waals surface area contributed by atoms with Crippen molar-refractivity contribution in [2.45, 2.75) is 51.7 Å². The normalized spacial score (nSPS) is 19.4. The van der Waals surface area contributed by atoms with Gasteiger partial charge >= 0.3 is 0 Å². The molecule has 2 atom stereocenters. The van der Waals surface area contributed by atoms with Crippen molar-refractivity contribution in [2.24, 2.45) is 0 Å². The molecule has 1 aromatic rings. The third kappa shape index (κ3) is 3.33. The number of rotatable bonds is 7. The van der Waals surface area contributed by atoms with Gasteiger partial charge in [-0.25, -0.2) is 0 Å². The molecule has 0 aromatic heterocycles. The van der Waals surface area contributed by atoms with Gasteiger partial charge < -0.3 is 10.1 Å². The van der Waals surface area contributed by atoms with Gasteiger partial charge in [0, 0.05) is 6.04 Å². The zero-order valence-electron chi connectivity index (χ0n) is 11.8. The Kier molecular flexibility index (Phi) is 4.79. The van der Waals surface area contributed by atoms with E-state index in [4.69, 9.17) is 4.74 Å². The van der Waals surface area contributed by atoms with Crippen molar-refractivity contribution in [2.75, 3.05) is 13.2 Å². The minimum absolute atomic E-state index is 0.319. The Morgan fingerprint density at radius 1 is 1.33 bits per heavy atom. The van der Waals surface area contributed by atoms with E-state index in [0.29, 0.717) is 12.1 Å². The molecule has 0 heterocycles. The average Bonchev–Trinajstić information content (AvgIpc) is 2.32. The first kappa shape index (κ1) is 13.6. The summed E-state index contributed by atoms with van der Waals surface area (Å²) in [6.07, 6.45) is 2.75. The summed E-state index contributed by atoms with van der Waals surface area (Å²) in [6.45, 7) is 8.20. The fourth-order valence-corrected chi connectivity index (χ4v) is 2.72. The highest BCUT2D eigenvalue weighted by atomic mass is 16.5. The predicted octanol–water partition coefficient (Wildman–Crippen LogP) is 3.12. The third-order valence-electron chi connectivity index (χ3n) is 3.65. The van der Waals surface area contributed by atoms with Gasteiger partial charge in [-0.1, -0.05) is 31.2 Å². The van der Waals surface area contributed by atoms with E-state index in [2.05, 4.69) is 50.4 Å². The molecule has 100 valence electrons. The van der Waals surface area contributed by atoms with Crippen LogP contribution in [0.2, 0.25) is 0 Å². The Balaban J connectivity index is 1.87. The van der Waals surface area contributed by atoms with Gasteiger partial charge in [0.15, 0.2) is 0 Å². The molecule has 1 N–H and O–H groups in total. The molecule has 1 aliphatic rings. The molecule has 1 aliphatic carbocycles. The van der Waals surface area contributed by atoms with Crippen LogP contribution in [0.5, 0.6) is 0 Å². The van der Waals surface area contributed by atoms with Gasteiger partial charge in [-0.05, 0) is 50.3 Å². The van der Waals surface area contributed by atoms with Crippen LogP contribution in [0.4, 0.5) is 0 Å². The monoisotopic (exact) mass is 247 g/mol. The molecule has 0 amide bonds. The first-order chi connectivity index (χ1) is 8.70. The van der Waals surface area contributed by atoms with Crippen molar-refractivity contribution in [3.05, 3.63) is 35.4 Å². The summed E-state index contributed by atoms with van der Waals surface area (Å²) in [5.74, 6) is 0.723. The minimum Gasteiger partial charge on any atom is -0.377 e. The third-order valence-corrected chi connectivity index (χ3v) is 3.65. The van der Waals surface area contributed by atoms with Crippen LogP contribution in [0.25, 0.3) is 0 Å². The van der Waals surface area contributed by atoms with Crippen LogP contribution in [0.3, 0.4) is 0 Å². The lowest BCUT2D eigenvalue weighted by atomic mass is 9.74. The largest absolute Gasteiger partial charge is 0.377 e. The van der Waals surface area contributed by atoms with Crippen LogP contribution in [-0.4, -0.2) is 25.3 Å². The Morgan fingerprint density at radius 2 is 2.11 bits per heavy atom. The second-order valence-corrected chi connectivity index (χ2v) is 5.47. The first-order valence-corrected chi connectivity index (χ1v) is 7.13. The predicted molar refractivity (Wildman–Crippen MR) is 76.1 cm³/mol. The van der Waals surface area contributed by atoms with Crippen LogP contribution < -0.4 is 5.32 Å². The summed E-state index contributed by atoms with van der Waals surface area (Å²) in [5, 5.41) is 3.54. The fraction of sp³-hybridized carbons (Fsp3) is 0.625. The Hall–Kier alpha value is -0.860. The number of hydrogen-bond acceptors (Lipinski definition) is 2. The van der Waals surface area contributed by atoms with Crippen LogP contribution >= 0.6 is 0 Å². The maximum Gasteiger partial charge on any atom is 0.0623 e. The van der Waals surface area contributed by atoms with Crippen molar-refractivity contribution >= 4 is 0 Å². The number of fused-ring (bicyclic) bond motifs is 1. The molecule has 2 nitrogen and oxygen atoms in total. The first-order valence-electron chi connectivity index (χ1n) is 7.13. The SMILES string of the molecule is CCNC(COC(C)C)CC1Cc2ccccc21. The Morgan fingerprint density at radius 3 is 2.78 bits per heavy atom. The van der Waals surface area contributed by atoms with Crippen molar-refractivity contribution in [1.29, 1.82) is 0 Å². The van der Waals surface area contributed by atoms with E-state index in [0.717, 1.165) is 19.1 Å². The zero-order valence-corrected chi connectivity index (χ0v) is 11.8. The fourth-order valence-electron chi connectivity index (χ4n) is 2.72. The van der Waals surface area contributed by atoms with Crippen molar-refractivity contribution < 1.29 is 4.74 Å². The van der Waals surface area contributed by atoms with Gasteiger partial charge in [-0.15, -0.1) is 0 Å². The molecule has 0 aliphatic heterocycles. The van der Waals surface area contributed by atoms with Crippen LogP contribution in [-0.2, 0) is 11.2 Å². The maximum atomic E-state index is 5.75. The lowest BCUT2D eigenvalue weighted by Gasteiger charge is -2.33. The number of nitrogens with one attached hydrogen (secondary N) is 1. The quantitative estimate of drug-likeness (QED) is 0.799. The number of benzene rings is 1.